The van der Waals surface area contributed by atoms with E-state index in [1.807, 2.05) is 48.7 Å². The predicted octanol–water partition coefficient (Wildman–Crippen LogP) is 2.69. The molecule has 2 aromatic rings. The van der Waals surface area contributed by atoms with Gasteiger partial charge in [-0.1, -0.05) is 37.3 Å². The van der Waals surface area contributed by atoms with Gasteiger partial charge in [0, 0.05) is 5.41 Å². The van der Waals surface area contributed by atoms with Gasteiger partial charge in [0.2, 0.25) is 0 Å². The molecule has 1 aliphatic heterocycles. The molecule has 0 amide bonds. The molecule has 1 aliphatic rings. The fourth-order valence-corrected chi connectivity index (χ4v) is 2.51. The van der Waals surface area contributed by atoms with Crippen LogP contribution in [0, 0.1) is 5.41 Å². The smallest absolute Gasteiger partial charge is 0.356 e. The second-order valence-electron chi connectivity index (χ2n) is 6.15. The quantitative estimate of drug-likeness (QED) is 0.797. The average Bonchev–Trinajstić information content (AvgIpc) is 3.00. The minimum atomic E-state index is -0.339. The van der Waals surface area contributed by atoms with Crippen molar-refractivity contribution in [1.82, 2.24) is 9.55 Å². The normalized spacial score (nSPS) is 17.5. The highest BCUT2D eigenvalue weighted by molar-refractivity contribution is 5.87. The average molecular weight is 300 g/mol. The first-order valence-electron chi connectivity index (χ1n) is 7.41. The molecule has 1 aromatic heterocycles. The third kappa shape index (κ3) is 2.90. The molecule has 1 unspecified atom stereocenters. The third-order valence-electron chi connectivity index (χ3n) is 4.03. The van der Waals surface area contributed by atoms with E-state index in [0.717, 1.165) is 5.56 Å². The topological polar surface area (TPSA) is 53.4 Å². The number of hydrogen-bond acceptors (Lipinski definition) is 4. The summed E-state index contributed by atoms with van der Waals surface area (Å²) in [6.07, 6.45) is 3.23. The lowest BCUT2D eigenvalue weighted by Crippen LogP contribution is -2.44. The first-order chi connectivity index (χ1) is 10.6. The van der Waals surface area contributed by atoms with Crippen LogP contribution in [0.5, 0.6) is 0 Å². The first-order valence-corrected chi connectivity index (χ1v) is 7.41. The lowest BCUT2D eigenvalue weighted by Gasteiger charge is -2.37. The minimum absolute atomic E-state index is 0.0221. The van der Waals surface area contributed by atoms with Crippen molar-refractivity contribution in [3.05, 3.63) is 54.1 Å². The SMILES string of the molecule is CC(c1ccccc1)n1cncc1C(=O)OCC1(C)COC1. The van der Waals surface area contributed by atoms with Gasteiger partial charge in [-0.15, -0.1) is 0 Å². The number of esters is 1. The number of benzene rings is 1. The summed E-state index contributed by atoms with van der Waals surface area (Å²) in [4.78, 5) is 16.4. The standard InChI is InChI=1S/C17H20N2O3/c1-13(14-6-4-3-5-7-14)19-12-18-8-15(19)16(20)22-11-17(2)9-21-10-17/h3-8,12-13H,9-11H2,1-2H3. The van der Waals surface area contributed by atoms with Crippen molar-refractivity contribution in [2.24, 2.45) is 5.41 Å². The van der Waals surface area contributed by atoms with Gasteiger partial charge < -0.3 is 14.0 Å². The third-order valence-corrected chi connectivity index (χ3v) is 4.03. The number of imidazole rings is 1. The highest BCUT2D eigenvalue weighted by Gasteiger charge is 2.35. The first kappa shape index (κ1) is 14.8. The summed E-state index contributed by atoms with van der Waals surface area (Å²) in [5.74, 6) is -0.339. The van der Waals surface area contributed by atoms with Gasteiger partial charge in [0.1, 0.15) is 12.3 Å². The number of hydrogen-bond donors (Lipinski definition) is 0. The van der Waals surface area contributed by atoms with Crippen molar-refractivity contribution in [1.29, 1.82) is 0 Å². The van der Waals surface area contributed by atoms with Gasteiger partial charge in [-0.3, -0.25) is 0 Å². The molecule has 0 N–H and O–H groups in total. The molecule has 1 aromatic carbocycles. The molecule has 3 rings (SSSR count). The van der Waals surface area contributed by atoms with Gasteiger partial charge >= 0.3 is 5.97 Å². The molecule has 0 radical (unpaired) electrons. The van der Waals surface area contributed by atoms with E-state index in [9.17, 15) is 4.79 Å². The van der Waals surface area contributed by atoms with E-state index in [-0.39, 0.29) is 17.4 Å². The highest BCUT2D eigenvalue weighted by atomic mass is 16.5. The number of nitrogens with zero attached hydrogens (tertiary/aromatic N) is 2. The van der Waals surface area contributed by atoms with Crippen LogP contribution in [-0.2, 0) is 9.47 Å². The maximum Gasteiger partial charge on any atom is 0.356 e. The highest BCUT2D eigenvalue weighted by Crippen LogP contribution is 2.27. The molecule has 0 spiro atoms. The van der Waals surface area contributed by atoms with E-state index in [2.05, 4.69) is 4.98 Å². The van der Waals surface area contributed by atoms with Crippen LogP contribution in [0.2, 0.25) is 0 Å². The summed E-state index contributed by atoms with van der Waals surface area (Å²) < 4.78 is 12.5. The molecule has 1 saturated heterocycles. The Morgan fingerprint density at radius 3 is 2.77 bits per heavy atom. The van der Waals surface area contributed by atoms with E-state index >= 15 is 0 Å². The minimum Gasteiger partial charge on any atom is -0.460 e. The second-order valence-corrected chi connectivity index (χ2v) is 6.15. The molecular weight excluding hydrogens is 280 g/mol. The Morgan fingerprint density at radius 1 is 1.41 bits per heavy atom. The Bertz CT molecular complexity index is 647. The summed E-state index contributed by atoms with van der Waals surface area (Å²) in [6, 6.07) is 10.0. The van der Waals surface area contributed by atoms with E-state index in [1.54, 1.807) is 12.5 Å². The molecule has 116 valence electrons. The maximum atomic E-state index is 12.3. The Kier molecular flexibility index (Phi) is 3.98. The number of carbonyl (C=O) groups excluding carboxylic acids is 1. The largest absolute Gasteiger partial charge is 0.460 e. The van der Waals surface area contributed by atoms with Crippen LogP contribution < -0.4 is 0 Å². The lowest BCUT2D eigenvalue weighted by atomic mass is 9.90. The van der Waals surface area contributed by atoms with Gasteiger partial charge in [0.25, 0.3) is 0 Å². The Balaban J connectivity index is 1.72. The van der Waals surface area contributed by atoms with Gasteiger partial charge in [-0.25, -0.2) is 9.78 Å². The van der Waals surface area contributed by atoms with Crippen molar-refractivity contribution in [3.63, 3.8) is 0 Å². The number of rotatable bonds is 5. The van der Waals surface area contributed by atoms with E-state index < -0.39 is 0 Å². The Morgan fingerprint density at radius 2 is 2.14 bits per heavy atom. The number of carbonyl (C=O) groups is 1. The summed E-state index contributed by atoms with van der Waals surface area (Å²) in [6.45, 7) is 5.74. The van der Waals surface area contributed by atoms with Crippen LogP contribution in [0.25, 0.3) is 0 Å². The van der Waals surface area contributed by atoms with Gasteiger partial charge in [0.05, 0.1) is 31.8 Å². The zero-order valence-electron chi connectivity index (χ0n) is 12.9. The molecule has 5 nitrogen and oxygen atoms in total. The second kappa shape index (κ2) is 5.93. The van der Waals surface area contributed by atoms with Crippen LogP contribution in [0.4, 0.5) is 0 Å². The van der Waals surface area contributed by atoms with Crippen molar-refractivity contribution in [3.8, 4) is 0 Å². The summed E-state index contributed by atoms with van der Waals surface area (Å²) >= 11 is 0. The zero-order valence-corrected chi connectivity index (χ0v) is 12.9. The molecule has 1 atom stereocenters. The van der Waals surface area contributed by atoms with Crippen molar-refractivity contribution in [2.75, 3.05) is 19.8 Å². The molecular formula is C17H20N2O3. The monoisotopic (exact) mass is 300 g/mol. The molecule has 0 saturated carbocycles. The molecule has 5 heteroatoms. The molecule has 1 fully saturated rings. The van der Waals surface area contributed by atoms with E-state index in [4.69, 9.17) is 9.47 Å². The van der Waals surface area contributed by atoms with Crippen LogP contribution in [0.1, 0.15) is 35.9 Å². The number of ether oxygens (including phenoxy) is 2. The van der Waals surface area contributed by atoms with E-state index in [1.165, 1.54) is 0 Å². The van der Waals surface area contributed by atoms with Gasteiger partial charge in [-0.2, -0.15) is 0 Å². The van der Waals surface area contributed by atoms with Crippen LogP contribution >= 0.6 is 0 Å². The van der Waals surface area contributed by atoms with Crippen molar-refractivity contribution in [2.45, 2.75) is 19.9 Å². The van der Waals surface area contributed by atoms with Crippen LogP contribution in [0.15, 0.2) is 42.9 Å². The molecule has 0 aliphatic carbocycles. The molecule has 0 bridgehead atoms. The molecule has 2 heterocycles. The Hall–Kier alpha value is -2.14. The lowest BCUT2D eigenvalue weighted by molar-refractivity contribution is -0.127. The van der Waals surface area contributed by atoms with Crippen LogP contribution in [-0.4, -0.2) is 35.3 Å². The number of aromatic nitrogens is 2. The van der Waals surface area contributed by atoms with Gasteiger partial charge in [-0.05, 0) is 12.5 Å². The van der Waals surface area contributed by atoms with Gasteiger partial charge in [0.15, 0.2) is 0 Å². The van der Waals surface area contributed by atoms with Crippen LogP contribution in [0.3, 0.4) is 0 Å². The zero-order chi connectivity index (χ0) is 15.6. The molecule has 22 heavy (non-hydrogen) atoms. The summed E-state index contributed by atoms with van der Waals surface area (Å²) in [5, 5.41) is 0. The van der Waals surface area contributed by atoms with Crippen molar-refractivity contribution >= 4 is 5.97 Å². The fraction of sp³-hybridized carbons (Fsp3) is 0.412. The van der Waals surface area contributed by atoms with E-state index in [0.29, 0.717) is 25.5 Å². The maximum absolute atomic E-state index is 12.3. The van der Waals surface area contributed by atoms with Crippen molar-refractivity contribution < 1.29 is 14.3 Å². The summed E-state index contributed by atoms with van der Waals surface area (Å²) in [7, 11) is 0. The predicted molar refractivity (Wildman–Crippen MR) is 81.7 cm³/mol. The Labute approximate surface area is 129 Å². The fourth-order valence-electron chi connectivity index (χ4n) is 2.51. The summed E-state index contributed by atoms with van der Waals surface area (Å²) in [5.41, 5.74) is 1.54.